The number of aliphatic imine (C=N–C) groups is 1. The van der Waals surface area contributed by atoms with Gasteiger partial charge in [0.15, 0.2) is 0 Å². The van der Waals surface area contributed by atoms with E-state index in [1.165, 1.54) is 6.07 Å². The Kier molecular flexibility index (Phi) is 4.57. The molecule has 4 rings (SSSR count). The van der Waals surface area contributed by atoms with Gasteiger partial charge in [0.05, 0.1) is 35.3 Å². The van der Waals surface area contributed by atoms with Gasteiger partial charge in [-0.25, -0.2) is 4.98 Å². The maximum Gasteiger partial charge on any atom is 0.416 e. The van der Waals surface area contributed by atoms with Gasteiger partial charge in [0.1, 0.15) is 11.5 Å². The Bertz CT molecular complexity index is 1120. The molecule has 0 saturated carbocycles. The van der Waals surface area contributed by atoms with Crippen molar-refractivity contribution in [2.75, 3.05) is 5.32 Å². The Balaban J connectivity index is 1.75. The number of carbonyl (C=O) groups is 1. The molecule has 1 amide bonds. The van der Waals surface area contributed by atoms with Gasteiger partial charge in [0.25, 0.3) is 0 Å². The summed E-state index contributed by atoms with van der Waals surface area (Å²) in [6, 6.07) is 10.3. The smallest absolute Gasteiger partial charge is 0.324 e. The molecule has 6 nitrogen and oxygen atoms in total. The minimum absolute atomic E-state index is 0.0320. The second-order valence-electron chi connectivity index (χ2n) is 6.48. The quantitative estimate of drug-likeness (QED) is 0.698. The van der Waals surface area contributed by atoms with Gasteiger partial charge in [-0.2, -0.15) is 13.2 Å². The van der Waals surface area contributed by atoms with Crippen molar-refractivity contribution in [3.8, 4) is 11.3 Å². The highest BCUT2D eigenvalue weighted by molar-refractivity contribution is 6.17. The Labute approximate surface area is 163 Å². The van der Waals surface area contributed by atoms with E-state index in [0.29, 0.717) is 22.8 Å². The fraction of sp³-hybridized carbons (Fsp3) is 0.150. The van der Waals surface area contributed by atoms with Gasteiger partial charge in [0, 0.05) is 5.56 Å². The molecule has 29 heavy (non-hydrogen) atoms. The number of fused-ring (bicyclic) bond motifs is 1. The fourth-order valence-electron chi connectivity index (χ4n) is 2.93. The van der Waals surface area contributed by atoms with Crippen LogP contribution in [0.3, 0.4) is 0 Å². The zero-order chi connectivity index (χ0) is 20.6. The molecule has 9 heteroatoms. The van der Waals surface area contributed by atoms with Crippen LogP contribution >= 0.6 is 0 Å². The average molecular weight is 397 g/mol. The van der Waals surface area contributed by atoms with E-state index in [2.05, 4.69) is 25.5 Å². The summed E-state index contributed by atoms with van der Waals surface area (Å²) in [5.41, 5.74) is 1.85. The molecule has 0 bridgehead atoms. The third-order valence-corrected chi connectivity index (χ3v) is 4.35. The summed E-state index contributed by atoms with van der Waals surface area (Å²) in [7, 11) is 0. The van der Waals surface area contributed by atoms with E-state index in [4.69, 9.17) is 0 Å². The van der Waals surface area contributed by atoms with Gasteiger partial charge in [-0.05, 0) is 36.8 Å². The highest BCUT2D eigenvalue weighted by Crippen LogP contribution is 2.36. The number of amides is 1. The van der Waals surface area contributed by atoms with Crippen molar-refractivity contribution >= 4 is 23.0 Å². The lowest BCUT2D eigenvalue weighted by Crippen LogP contribution is -2.15. The van der Waals surface area contributed by atoms with E-state index < -0.39 is 17.6 Å². The number of aromatic nitrogens is 3. The van der Waals surface area contributed by atoms with Crippen molar-refractivity contribution < 1.29 is 18.0 Å². The van der Waals surface area contributed by atoms with Crippen molar-refractivity contribution in [2.45, 2.75) is 19.5 Å². The molecule has 0 atom stereocenters. The lowest BCUT2D eigenvalue weighted by molar-refractivity contribution is -0.137. The summed E-state index contributed by atoms with van der Waals surface area (Å²) in [5.74, 6) is 0.105. The second kappa shape index (κ2) is 7.08. The molecule has 1 aliphatic rings. The van der Waals surface area contributed by atoms with E-state index >= 15 is 0 Å². The number of hydrogen-bond acceptors (Lipinski definition) is 5. The van der Waals surface area contributed by atoms with Crippen molar-refractivity contribution in [1.82, 2.24) is 15.2 Å². The lowest BCUT2D eigenvalue weighted by Gasteiger charge is -2.10. The lowest BCUT2D eigenvalue weighted by atomic mass is 10.0. The highest BCUT2D eigenvalue weighted by Gasteiger charge is 2.31. The molecule has 0 radical (unpaired) electrons. The molecule has 0 saturated heterocycles. The monoisotopic (exact) mass is 397 g/mol. The minimum atomic E-state index is -4.50. The number of hydrogen-bond donors (Lipinski definition) is 1. The van der Waals surface area contributed by atoms with E-state index in [9.17, 15) is 18.0 Å². The van der Waals surface area contributed by atoms with E-state index in [1.807, 2.05) is 6.07 Å². The van der Waals surface area contributed by atoms with Crippen LogP contribution in [-0.4, -0.2) is 26.8 Å². The molecule has 2 heterocycles. The van der Waals surface area contributed by atoms with Gasteiger partial charge in [-0.3, -0.25) is 9.79 Å². The first-order valence-electron chi connectivity index (χ1n) is 8.65. The van der Waals surface area contributed by atoms with Gasteiger partial charge in [0.2, 0.25) is 5.91 Å². The first-order valence-corrected chi connectivity index (χ1v) is 8.65. The average Bonchev–Trinajstić information content (AvgIpc) is 2.85. The number of halogens is 3. The van der Waals surface area contributed by atoms with E-state index in [0.717, 1.165) is 17.7 Å². The molecule has 146 valence electrons. The fourth-order valence-corrected chi connectivity index (χ4v) is 2.93. The Morgan fingerprint density at radius 2 is 1.83 bits per heavy atom. The SMILES string of the molecule is Cc1ncc(-c2cccc(C3=Nc4ccc(C(F)(F)F)cc4NC(=O)C3)c2)nn1. The van der Waals surface area contributed by atoms with Crippen LogP contribution in [0, 0.1) is 6.92 Å². The van der Waals surface area contributed by atoms with Crippen LogP contribution in [0.25, 0.3) is 11.3 Å². The Hall–Kier alpha value is -3.62. The van der Waals surface area contributed by atoms with Crippen molar-refractivity contribution in [3.05, 3.63) is 65.6 Å². The molecule has 2 aromatic carbocycles. The zero-order valence-electron chi connectivity index (χ0n) is 15.2. The molecule has 1 N–H and O–H groups in total. The highest BCUT2D eigenvalue weighted by atomic mass is 19.4. The third kappa shape index (κ3) is 3.98. The van der Waals surface area contributed by atoms with E-state index in [1.54, 1.807) is 31.3 Å². The Morgan fingerprint density at radius 1 is 1.03 bits per heavy atom. The number of anilines is 1. The van der Waals surface area contributed by atoms with Gasteiger partial charge in [-0.1, -0.05) is 18.2 Å². The molecule has 0 aliphatic carbocycles. The second-order valence-corrected chi connectivity index (χ2v) is 6.48. The summed E-state index contributed by atoms with van der Waals surface area (Å²) >= 11 is 0. The van der Waals surface area contributed by atoms with Crippen LogP contribution in [0.15, 0.2) is 53.7 Å². The number of benzene rings is 2. The first-order chi connectivity index (χ1) is 13.8. The summed E-state index contributed by atoms with van der Waals surface area (Å²) in [6.07, 6.45) is -2.98. The summed E-state index contributed by atoms with van der Waals surface area (Å²) in [6.45, 7) is 1.73. The number of alkyl halides is 3. The maximum absolute atomic E-state index is 13.0. The largest absolute Gasteiger partial charge is 0.416 e. The molecule has 0 spiro atoms. The maximum atomic E-state index is 13.0. The van der Waals surface area contributed by atoms with Crippen LogP contribution in [0.2, 0.25) is 0 Å². The number of nitrogens with one attached hydrogen (secondary N) is 1. The van der Waals surface area contributed by atoms with Crippen LogP contribution < -0.4 is 5.32 Å². The van der Waals surface area contributed by atoms with Crippen LogP contribution in [0.5, 0.6) is 0 Å². The van der Waals surface area contributed by atoms with Crippen LogP contribution in [0.1, 0.15) is 23.4 Å². The van der Waals surface area contributed by atoms with E-state index in [-0.39, 0.29) is 17.8 Å². The molecule has 1 aromatic heterocycles. The molecular formula is C20H14F3N5O. The topological polar surface area (TPSA) is 80.1 Å². The number of aryl methyl sites for hydroxylation is 1. The van der Waals surface area contributed by atoms with Crippen molar-refractivity contribution in [3.63, 3.8) is 0 Å². The van der Waals surface area contributed by atoms with Crippen LogP contribution in [0.4, 0.5) is 24.5 Å². The van der Waals surface area contributed by atoms with Crippen LogP contribution in [-0.2, 0) is 11.0 Å². The van der Waals surface area contributed by atoms with Crippen molar-refractivity contribution in [2.24, 2.45) is 4.99 Å². The van der Waals surface area contributed by atoms with Crippen molar-refractivity contribution in [1.29, 1.82) is 0 Å². The van der Waals surface area contributed by atoms with Gasteiger partial charge < -0.3 is 5.32 Å². The normalized spacial score (nSPS) is 13.9. The summed E-state index contributed by atoms with van der Waals surface area (Å²) in [5, 5.41) is 10.5. The molecule has 0 fully saturated rings. The predicted molar refractivity (Wildman–Crippen MR) is 101 cm³/mol. The molecule has 1 aliphatic heterocycles. The number of rotatable bonds is 2. The standard InChI is InChI=1S/C20H14F3N5O/c1-11-24-10-18(28-27-11)13-4-2-3-12(7-13)16-9-19(29)26-17-8-14(20(21,22)23)5-6-15(17)25-16/h2-8,10H,9H2,1H3,(H,26,29). The molecule has 3 aromatic rings. The number of nitrogens with zero attached hydrogens (tertiary/aromatic N) is 4. The number of carbonyl (C=O) groups excluding carboxylic acids is 1. The van der Waals surface area contributed by atoms with Gasteiger partial charge >= 0.3 is 6.18 Å². The third-order valence-electron chi connectivity index (χ3n) is 4.35. The summed E-state index contributed by atoms with van der Waals surface area (Å²) < 4.78 is 38.9. The molecular weight excluding hydrogens is 383 g/mol. The predicted octanol–water partition coefficient (Wildman–Crippen LogP) is 4.33. The zero-order valence-corrected chi connectivity index (χ0v) is 15.2. The Morgan fingerprint density at radius 3 is 2.55 bits per heavy atom. The van der Waals surface area contributed by atoms with Gasteiger partial charge in [-0.15, -0.1) is 10.2 Å². The first kappa shape index (κ1) is 18.7. The minimum Gasteiger partial charge on any atom is -0.324 e. The molecule has 0 unspecified atom stereocenters. The summed E-state index contributed by atoms with van der Waals surface area (Å²) in [4.78, 5) is 20.8.